The fourth-order valence-corrected chi connectivity index (χ4v) is 3.00. The van der Waals surface area contributed by atoms with Crippen molar-refractivity contribution in [2.75, 3.05) is 7.11 Å². The Morgan fingerprint density at radius 1 is 0.778 bits per heavy atom. The lowest BCUT2D eigenvalue weighted by atomic mass is 10.1. The third-order valence-electron chi connectivity index (χ3n) is 4.44. The maximum Gasteiger partial charge on any atom is 0.118 e. The smallest absolute Gasteiger partial charge is 0.118 e. The standard InChI is InChI=1S/C24H26N2O/c1-3-24(22-14-16-23(27-2)17-15-22)25-26(18-20-10-6-4-7-11-20)19-21-12-8-5-9-13-21/h4-17H,3,18-19H2,1-2H3. The van der Waals surface area contributed by atoms with Crippen molar-refractivity contribution in [3.63, 3.8) is 0 Å². The summed E-state index contributed by atoms with van der Waals surface area (Å²) >= 11 is 0. The largest absolute Gasteiger partial charge is 0.497 e. The lowest BCUT2D eigenvalue weighted by Gasteiger charge is -2.21. The summed E-state index contributed by atoms with van der Waals surface area (Å²) in [7, 11) is 1.69. The van der Waals surface area contributed by atoms with E-state index < -0.39 is 0 Å². The van der Waals surface area contributed by atoms with E-state index in [0.717, 1.165) is 36.5 Å². The zero-order valence-electron chi connectivity index (χ0n) is 16.0. The minimum Gasteiger partial charge on any atom is -0.497 e. The Bertz CT molecular complexity index is 801. The van der Waals surface area contributed by atoms with Gasteiger partial charge >= 0.3 is 0 Å². The van der Waals surface area contributed by atoms with Gasteiger partial charge in [-0.15, -0.1) is 0 Å². The van der Waals surface area contributed by atoms with Crippen LogP contribution in [0, 0.1) is 0 Å². The molecule has 0 aromatic heterocycles. The average Bonchev–Trinajstić information content (AvgIpc) is 2.73. The fraction of sp³-hybridized carbons (Fsp3) is 0.208. The Morgan fingerprint density at radius 2 is 1.30 bits per heavy atom. The van der Waals surface area contributed by atoms with E-state index in [9.17, 15) is 0 Å². The SMILES string of the molecule is CCC(=NN(Cc1ccccc1)Cc1ccccc1)c1ccc(OC)cc1. The van der Waals surface area contributed by atoms with Crippen LogP contribution in [-0.4, -0.2) is 17.8 Å². The molecule has 3 heteroatoms. The van der Waals surface area contributed by atoms with Gasteiger partial charge in [0.05, 0.1) is 25.9 Å². The number of benzene rings is 3. The molecule has 3 nitrogen and oxygen atoms in total. The molecular weight excluding hydrogens is 332 g/mol. The summed E-state index contributed by atoms with van der Waals surface area (Å²) in [5.41, 5.74) is 4.71. The zero-order valence-corrected chi connectivity index (χ0v) is 16.0. The van der Waals surface area contributed by atoms with Crippen molar-refractivity contribution in [2.24, 2.45) is 5.10 Å². The summed E-state index contributed by atoms with van der Waals surface area (Å²) in [6, 6.07) is 29.1. The van der Waals surface area contributed by atoms with Crippen molar-refractivity contribution in [1.29, 1.82) is 0 Å². The van der Waals surface area contributed by atoms with Gasteiger partial charge in [-0.3, -0.25) is 5.01 Å². The molecule has 0 N–H and O–H groups in total. The van der Waals surface area contributed by atoms with Gasteiger partial charge in [-0.1, -0.05) is 67.6 Å². The van der Waals surface area contributed by atoms with E-state index in [2.05, 4.69) is 72.6 Å². The van der Waals surface area contributed by atoms with Crippen LogP contribution < -0.4 is 4.74 Å². The highest BCUT2D eigenvalue weighted by Crippen LogP contribution is 2.16. The topological polar surface area (TPSA) is 24.8 Å². The number of methoxy groups -OCH3 is 1. The van der Waals surface area contributed by atoms with Crippen LogP contribution in [0.15, 0.2) is 90.0 Å². The monoisotopic (exact) mass is 358 g/mol. The summed E-state index contributed by atoms with van der Waals surface area (Å²) < 4.78 is 5.27. The van der Waals surface area contributed by atoms with Gasteiger partial charge in [0, 0.05) is 0 Å². The lowest BCUT2D eigenvalue weighted by molar-refractivity contribution is 0.270. The molecule has 0 unspecified atom stereocenters. The van der Waals surface area contributed by atoms with E-state index in [-0.39, 0.29) is 0 Å². The molecule has 0 amide bonds. The Morgan fingerprint density at radius 3 is 1.74 bits per heavy atom. The summed E-state index contributed by atoms with van der Waals surface area (Å²) in [4.78, 5) is 0. The van der Waals surface area contributed by atoms with E-state index in [0.29, 0.717) is 0 Å². The first-order chi connectivity index (χ1) is 13.3. The van der Waals surface area contributed by atoms with Crippen LogP contribution in [0.2, 0.25) is 0 Å². The van der Waals surface area contributed by atoms with Gasteiger partial charge in [0.25, 0.3) is 0 Å². The lowest BCUT2D eigenvalue weighted by Crippen LogP contribution is -2.19. The molecule has 0 fully saturated rings. The predicted molar refractivity (Wildman–Crippen MR) is 112 cm³/mol. The zero-order chi connectivity index (χ0) is 18.9. The highest BCUT2D eigenvalue weighted by molar-refractivity contribution is 6.00. The first-order valence-electron chi connectivity index (χ1n) is 9.33. The van der Waals surface area contributed by atoms with E-state index in [4.69, 9.17) is 9.84 Å². The van der Waals surface area contributed by atoms with Gasteiger partial charge in [-0.05, 0) is 47.4 Å². The fourth-order valence-electron chi connectivity index (χ4n) is 3.00. The molecule has 3 rings (SSSR count). The normalized spacial score (nSPS) is 11.3. The van der Waals surface area contributed by atoms with Gasteiger partial charge in [-0.2, -0.15) is 5.10 Å². The Hall–Kier alpha value is -3.07. The number of hydrogen-bond acceptors (Lipinski definition) is 3. The van der Waals surface area contributed by atoms with Crippen LogP contribution in [-0.2, 0) is 13.1 Å². The molecule has 138 valence electrons. The maximum absolute atomic E-state index is 5.27. The summed E-state index contributed by atoms with van der Waals surface area (Å²) in [6.45, 7) is 3.69. The second kappa shape index (κ2) is 9.58. The minimum absolute atomic E-state index is 0.773. The third-order valence-corrected chi connectivity index (χ3v) is 4.44. The van der Waals surface area contributed by atoms with Crippen LogP contribution in [0.4, 0.5) is 0 Å². The second-order valence-electron chi connectivity index (χ2n) is 6.42. The molecule has 3 aromatic carbocycles. The minimum atomic E-state index is 0.773. The third kappa shape index (κ3) is 5.45. The van der Waals surface area contributed by atoms with Crippen molar-refractivity contribution < 1.29 is 4.74 Å². The van der Waals surface area contributed by atoms with Crippen LogP contribution >= 0.6 is 0 Å². The van der Waals surface area contributed by atoms with Gasteiger partial charge in [0.1, 0.15) is 5.75 Å². The number of hydrogen-bond donors (Lipinski definition) is 0. The molecule has 27 heavy (non-hydrogen) atoms. The summed E-state index contributed by atoms with van der Waals surface area (Å²) in [5.74, 6) is 0.861. The number of nitrogens with zero attached hydrogens (tertiary/aromatic N) is 2. The highest BCUT2D eigenvalue weighted by Gasteiger charge is 2.08. The molecule has 3 aromatic rings. The van der Waals surface area contributed by atoms with Gasteiger partial charge in [0.2, 0.25) is 0 Å². The molecule has 0 saturated carbocycles. The maximum atomic E-state index is 5.27. The molecule has 0 saturated heterocycles. The van der Waals surface area contributed by atoms with Gasteiger partial charge < -0.3 is 4.74 Å². The number of rotatable bonds is 8. The quantitative estimate of drug-likeness (QED) is 0.392. The summed E-state index contributed by atoms with van der Waals surface area (Å²) in [6.07, 6.45) is 0.867. The van der Waals surface area contributed by atoms with Crippen LogP contribution in [0.25, 0.3) is 0 Å². The molecule has 0 aliphatic carbocycles. The van der Waals surface area contributed by atoms with Crippen molar-refractivity contribution >= 4 is 5.71 Å². The van der Waals surface area contributed by atoms with Crippen molar-refractivity contribution in [1.82, 2.24) is 5.01 Å². The van der Waals surface area contributed by atoms with Crippen molar-refractivity contribution in [3.05, 3.63) is 102 Å². The van der Waals surface area contributed by atoms with Crippen LogP contribution in [0.5, 0.6) is 5.75 Å². The van der Waals surface area contributed by atoms with Gasteiger partial charge in [-0.25, -0.2) is 0 Å². The van der Waals surface area contributed by atoms with E-state index >= 15 is 0 Å². The molecule has 0 spiro atoms. The number of hydrazone groups is 1. The molecular formula is C24H26N2O. The van der Waals surface area contributed by atoms with Crippen molar-refractivity contribution in [3.8, 4) is 5.75 Å². The Balaban J connectivity index is 1.87. The predicted octanol–water partition coefficient (Wildman–Crippen LogP) is 5.51. The van der Waals surface area contributed by atoms with Crippen molar-refractivity contribution in [2.45, 2.75) is 26.4 Å². The number of ether oxygens (including phenoxy) is 1. The van der Waals surface area contributed by atoms with Crippen LogP contribution in [0.3, 0.4) is 0 Å². The van der Waals surface area contributed by atoms with E-state index in [1.807, 2.05) is 24.3 Å². The Labute approximate surface area is 161 Å². The van der Waals surface area contributed by atoms with E-state index in [1.54, 1.807) is 7.11 Å². The summed E-state index contributed by atoms with van der Waals surface area (Å²) in [5, 5.41) is 7.17. The van der Waals surface area contributed by atoms with Crippen LogP contribution in [0.1, 0.15) is 30.0 Å². The van der Waals surface area contributed by atoms with E-state index in [1.165, 1.54) is 11.1 Å². The second-order valence-corrected chi connectivity index (χ2v) is 6.42. The molecule has 0 atom stereocenters. The molecule has 0 aliphatic heterocycles. The highest BCUT2D eigenvalue weighted by atomic mass is 16.5. The average molecular weight is 358 g/mol. The molecule has 0 heterocycles. The first-order valence-corrected chi connectivity index (χ1v) is 9.33. The molecule has 0 radical (unpaired) electrons. The Kier molecular flexibility index (Phi) is 6.64. The first kappa shape index (κ1) is 18.7. The van der Waals surface area contributed by atoms with Gasteiger partial charge in [0.15, 0.2) is 0 Å². The molecule has 0 bridgehead atoms. The molecule has 0 aliphatic rings.